The number of likely N-dealkylation sites (N-methyl/N-ethyl adjacent to an activating group) is 1. The van der Waals surface area contributed by atoms with Crippen molar-refractivity contribution in [2.75, 3.05) is 40.3 Å². The SMILES string of the molecule is CCN(CCCN(C)C)C(=O)N(CC)C(C)(C)C(=O)O. The molecule has 2 amide bonds. The third-order valence-electron chi connectivity index (χ3n) is 3.43. The number of carboxylic acids is 1. The Morgan fingerprint density at radius 1 is 1.05 bits per heavy atom. The Hall–Kier alpha value is -1.30. The van der Waals surface area contributed by atoms with Crippen LogP contribution in [0, 0.1) is 0 Å². The summed E-state index contributed by atoms with van der Waals surface area (Å²) in [5.74, 6) is -0.989. The van der Waals surface area contributed by atoms with Crippen LogP contribution in [0.4, 0.5) is 4.79 Å². The van der Waals surface area contributed by atoms with Crippen LogP contribution in [0.1, 0.15) is 34.1 Å². The van der Waals surface area contributed by atoms with E-state index in [0.717, 1.165) is 13.0 Å². The topological polar surface area (TPSA) is 64.1 Å². The minimum absolute atomic E-state index is 0.207. The minimum Gasteiger partial charge on any atom is -0.480 e. The molecule has 0 atom stereocenters. The van der Waals surface area contributed by atoms with Gasteiger partial charge in [-0.2, -0.15) is 0 Å². The number of hydrogen-bond acceptors (Lipinski definition) is 3. The van der Waals surface area contributed by atoms with Gasteiger partial charge in [-0.1, -0.05) is 0 Å². The third-order valence-corrected chi connectivity index (χ3v) is 3.43. The first-order valence-corrected chi connectivity index (χ1v) is 7.13. The Bertz CT molecular complexity index is 330. The largest absolute Gasteiger partial charge is 0.480 e. The van der Waals surface area contributed by atoms with Crippen molar-refractivity contribution in [3.63, 3.8) is 0 Å². The summed E-state index contributed by atoms with van der Waals surface area (Å²) in [6.45, 7) is 9.33. The third kappa shape index (κ3) is 5.00. The summed E-state index contributed by atoms with van der Waals surface area (Å²) in [6, 6.07) is -0.207. The molecule has 1 N–H and O–H groups in total. The van der Waals surface area contributed by atoms with Gasteiger partial charge in [0.25, 0.3) is 0 Å². The highest BCUT2D eigenvalue weighted by Gasteiger charge is 2.38. The fraction of sp³-hybridized carbons (Fsp3) is 0.857. The maximum Gasteiger partial charge on any atom is 0.329 e. The van der Waals surface area contributed by atoms with Gasteiger partial charge in [0.05, 0.1) is 0 Å². The van der Waals surface area contributed by atoms with Gasteiger partial charge in [-0.3, -0.25) is 0 Å². The second-order valence-electron chi connectivity index (χ2n) is 5.63. The second-order valence-corrected chi connectivity index (χ2v) is 5.63. The first-order valence-electron chi connectivity index (χ1n) is 7.13. The fourth-order valence-corrected chi connectivity index (χ4v) is 2.02. The molecular weight excluding hydrogens is 258 g/mol. The molecule has 0 bridgehead atoms. The molecule has 0 aliphatic rings. The number of carbonyl (C=O) groups excluding carboxylic acids is 1. The van der Waals surface area contributed by atoms with Crippen LogP contribution in [0.5, 0.6) is 0 Å². The quantitative estimate of drug-likeness (QED) is 0.736. The Balaban J connectivity index is 4.82. The zero-order valence-electron chi connectivity index (χ0n) is 13.6. The van der Waals surface area contributed by atoms with Crippen molar-refractivity contribution >= 4 is 12.0 Å². The van der Waals surface area contributed by atoms with Crippen LogP contribution < -0.4 is 0 Å². The van der Waals surface area contributed by atoms with Crippen LogP contribution in [0.25, 0.3) is 0 Å². The summed E-state index contributed by atoms with van der Waals surface area (Å²) in [6.07, 6.45) is 0.873. The van der Waals surface area contributed by atoms with E-state index in [1.807, 2.05) is 21.0 Å². The standard InChI is InChI=1S/C14H29N3O3/c1-7-16(11-9-10-15(5)6)13(20)17(8-2)14(3,4)12(18)19/h7-11H2,1-6H3,(H,18,19). The first-order chi connectivity index (χ1) is 9.18. The van der Waals surface area contributed by atoms with Gasteiger partial charge >= 0.3 is 12.0 Å². The number of carbonyl (C=O) groups is 2. The van der Waals surface area contributed by atoms with Crippen LogP contribution >= 0.6 is 0 Å². The number of rotatable bonds is 8. The van der Waals surface area contributed by atoms with E-state index in [4.69, 9.17) is 0 Å². The summed E-state index contributed by atoms with van der Waals surface area (Å²) in [5, 5.41) is 9.28. The molecule has 0 aliphatic heterocycles. The van der Waals surface area contributed by atoms with Crippen molar-refractivity contribution in [3.8, 4) is 0 Å². The smallest absolute Gasteiger partial charge is 0.329 e. The van der Waals surface area contributed by atoms with Crippen LogP contribution in [-0.4, -0.2) is 77.6 Å². The van der Waals surface area contributed by atoms with E-state index in [-0.39, 0.29) is 6.03 Å². The molecule has 0 unspecified atom stereocenters. The monoisotopic (exact) mass is 287 g/mol. The lowest BCUT2D eigenvalue weighted by molar-refractivity contribution is -0.147. The molecule has 6 heteroatoms. The highest BCUT2D eigenvalue weighted by Crippen LogP contribution is 2.17. The normalized spacial score (nSPS) is 11.6. The molecule has 0 saturated carbocycles. The molecule has 0 aromatic carbocycles. The van der Waals surface area contributed by atoms with Crippen molar-refractivity contribution < 1.29 is 14.7 Å². The van der Waals surface area contributed by atoms with E-state index >= 15 is 0 Å². The van der Waals surface area contributed by atoms with Gasteiger partial charge in [0.1, 0.15) is 5.54 Å². The number of aliphatic carboxylic acids is 1. The summed E-state index contributed by atoms with van der Waals surface area (Å²) < 4.78 is 0. The summed E-state index contributed by atoms with van der Waals surface area (Å²) >= 11 is 0. The van der Waals surface area contributed by atoms with E-state index in [1.54, 1.807) is 25.7 Å². The van der Waals surface area contributed by atoms with Crippen molar-refractivity contribution in [2.45, 2.75) is 39.7 Å². The molecule has 6 nitrogen and oxygen atoms in total. The Morgan fingerprint density at radius 2 is 1.60 bits per heavy atom. The lowest BCUT2D eigenvalue weighted by Crippen LogP contribution is -2.57. The molecule has 0 spiro atoms. The molecule has 20 heavy (non-hydrogen) atoms. The predicted molar refractivity (Wildman–Crippen MR) is 79.9 cm³/mol. The summed E-state index contributed by atoms with van der Waals surface area (Å²) in [4.78, 5) is 29.0. The van der Waals surface area contributed by atoms with Crippen LogP contribution in [0.3, 0.4) is 0 Å². The average Bonchev–Trinajstić information content (AvgIpc) is 2.34. The van der Waals surface area contributed by atoms with Crippen LogP contribution in [-0.2, 0) is 4.79 Å². The van der Waals surface area contributed by atoms with Gasteiger partial charge in [0, 0.05) is 19.6 Å². The second kappa shape index (κ2) is 8.09. The zero-order valence-corrected chi connectivity index (χ0v) is 13.6. The van der Waals surface area contributed by atoms with Gasteiger partial charge in [-0.25, -0.2) is 9.59 Å². The molecule has 0 heterocycles. The highest BCUT2D eigenvalue weighted by molar-refractivity contribution is 5.85. The Labute approximate surface area is 122 Å². The number of amides is 2. The average molecular weight is 287 g/mol. The van der Waals surface area contributed by atoms with Crippen LogP contribution in [0.15, 0.2) is 0 Å². The zero-order chi connectivity index (χ0) is 15.9. The van der Waals surface area contributed by atoms with Crippen molar-refractivity contribution in [3.05, 3.63) is 0 Å². The van der Waals surface area contributed by atoms with Crippen molar-refractivity contribution in [1.82, 2.24) is 14.7 Å². The molecule has 0 saturated heterocycles. The molecule has 0 aromatic heterocycles. The maximum atomic E-state index is 12.5. The van der Waals surface area contributed by atoms with Gasteiger partial charge in [-0.15, -0.1) is 0 Å². The van der Waals surface area contributed by atoms with Gasteiger partial charge in [-0.05, 0) is 54.8 Å². The van der Waals surface area contributed by atoms with E-state index in [0.29, 0.717) is 19.6 Å². The van der Waals surface area contributed by atoms with Gasteiger partial charge < -0.3 is 19.8 Å². The molecule has 0 radical (unpaired) electrons. The number of carboxylic acid groups (broad SMARTS) is 1. The maximum absolute atomic E-state index is 12.5. The summed E-state index contributed by atoms with van der Waals surface area (Å²) in [7, 11) is 3.98. The number of urea groups is 1. The van der Waals surface area contributed by atoms with Crippen LogP contribution in [0.2, 0.25) is 0 Å². The van der Waals surface area contributed by atoms with Gasteiger partial charge in [0.2, 0.25) is 0 Å². The lowest BCUT2D eigenvalue weighted by atomic mass is 10.0. The van der Waals surface area contributed by atoms with E-state index in [1.165, 1.54) is 4.90 Å². The van der Waals surface area contributed by atoms with E-state index in [9.17, 15) is 14.7 Å². The first kappa shape index (κ1) is 18.7. The van der Waals surface area contributed by atoms with Gasteiger partial charge in [0.15, 0.2) is 0 Å². The van der Waals surface area contributed by atoms with Crippen molar-refractivity contribution in [2.24, 2.45) is 0 Å². The predicted octanol–water partition coefficient (Wildman–Crippen LogP) is 1.57. The highest BCUT2D eigenvalue weighted by atomic mass is 16.4. The fourth-order valence-electron chi connectivity index (χ4n) is 2.02. The Kier molecular flexibility index (Phi) is 7.57. The molecule has 0 aromatic rings. The van der Waals surface area contributed by atoms with E-state index in [2.05, 4.69) is 4.90 Å². The lowest BCUT2D eigenvalue weighted by Gasteiger charge is -2.38. The molecule has 0 fully saturated rings. The van der Waals surface area contributed by atoms with Crippen molar-refractivity contribution in [1.29, 1.82) is 0 Å². The molecule has 0 rings (SSSR count). The minimum atomic E-state index is -1.19. The van der Waals surface area contributed by atoms with E-state index < -0.39 is 11.5 Å². The molecule has 118 valence electrons. The molecule has 0 aliphatic carbocycles. The number of hydrogen-bond donors (Lipinski definition) is 1. The Morgan fingerprint density at radius 3 is 1.95 bits per heavy atom. The number of nitrogens with zero attached hydrogens (tertiary/aromatic N) is 3. The molecular formula is C14H29N3O3. The summed E-state index contributed by atoms with van der Waals surface area (Å²) in [5.41, 5.74) is -1.19.